The second-order valence-electron chi connectivity index (χ2n) is 10.2. The summed E-state index contributed by atoms with van der Waals surface area (Å²) in [6.45, 7) is 6.16. The summed E-state index contributed by atoms with van der Waals surface area (Å²) in [6.07, 6.45) is 1.25. The highest BCUT2D eigenvalue weighted by molar-refractivity contribution is 5.98. The average Bonchev–Trinajstić information content (AvgIpc) is 2.92. The fourth-order valence-corrected chi connectivity index (χ4v) is 4.72. The normalized spacial score (nSPS) is 15.9. The smallest absolute Gasteiger partial charge is 0.421 e. The van der Waals surface area contributed by atoms with Crippen LogP contribution in [0.3, 0.4) is 0 Å². The number of piperazine rings is 1. The molecule has 1 aromatic carbocycles. The Morgan fingerprint density at radius 3 is 2.49 bits per heavy atom. The van der Waals surface area contributed by atoms with E-state index in [2.05, 4.69) is 38.7 Å². The number of benzene rings is 1. The van der Waals surface area contributed by atoms with Gasteiger partial charge in [0.15, 0.2) is 0 Å². The van der Waals surface area contributed by atoms with Crippen molar-refractivity contribution in [1.29, 1.82) is 0 Å². The van der Waals surface area contributed by atoms with Crippen molar-refractivity contribution in [1.82, 2.24) is 29.7 Å². The molecule has 0 unspecified atom stereocenters. The molecule has 1 amide bonds. The van der Waals surface area contributed by atoms with Crippen molar-refractivity contribution in [3.8, 4) is 28.3 Å². The zero-order valence-electron chi connectivity index (χ0n) is 22.0. The Hall–Kier alpha value is -4.12. The molecule has 0 atom stereocenters. The van der Waals surface area contributed by atoms with Crippen molar-refractivity contribution in [2.45, 2.75) is 25.6 Å². The van der Waals surface area contributed by atoms with Crippen LogP contribution in [-0.4, -0.2) is 75.0 Å². The Morgan fingerprint density at radius 2 is 1.77 bits per heavy atom. The van der Waals surface area contributed by atoms with Crippen LogP contribution in [0.15, 0.2) is 55.2 Å². The van der Waals surface area contributed by atoms with Gasteiger partial charge in [0.25, 0.3) is 5.91 Å². The van der Waals surface area contributed by atoms with Crippen LogP contribution in [0.1, 0.15) is 29.8 Å². The maximum Gasteiger partial charge on any atom is 0.421 e. The molecule has 4 heterocycles. The maximum atomic E-state index is 13.6. The van der Waals surface area contributed by atoms with Crippen molar-refractivity contribution >= 4 is 16.8 Å². The molecule has 0 saturated carbocycles. The lowest BCUT2D eigenvalue weighted by molar-refractivity contribution is -0.139. The molecule has 0 radical (unpaired) electrons. The van der Waals surface area contributed by atoms with Gasteiger partial charge >= 0.3 is 6.18 Å². The van der Waals surface area contributed by atoms with E-state index in [9.17, 15) is 18.0 Å². The van der Waals surface area contributed by atoms with Crippen LogP contribution in [0.4, 0.5) is 13.2 Å². The van der Waals surface area contributed by atoms with Crippen LogP contribution in [-0.2, 0) is 6.18 Å². The molecule has 3 aromatic heterocycles. The topological polar surface area (TPSA) is 84.3 Å². The summed E-state index contributed by atoms with van der Waals surface area (Å²) in [5.74, 6) is -0.610. The van der Waals surface area contributed by atoms with Gasteiger partial charge in [-0.2, -0.15) is 13.2 Å². The molecule has 8 nitrogen and oxygen atoms in total. The minimum absolute atomic E-state index is 0.117. The third-order valence-corrected chi connectivity index (χ3v) is 7.18. The number of aromatic nitrogens is 4. The number of carbonyl (C=O) groups is 1. The second kappa shape index (κ2) is 9.88. The number of ether oxygens (including phenoxy) is 1. The van der Waals surface area contributed by atoms with E-state index in [0.717, 1.165) is 19.7 Å². The molecule has 4 aromatic rings. The Balaban J connectivity index is 1.53. The van der Waals surface area contributed by atoms with E-state index in [4.69, 9.17) is 4.74 Å². The Morgan fingerprint density at radius 1 is 0.974 bits per heavy atom. The van der Waals surface area contributed by atoms with Gasteiger partial charge in [-0.05, 0) is 50.7 Å². The molecule has 0 spiro atoms. The summed E-state index contributed by atoms with van der Waals surface area (Å²) < 4.78 is 45.6. The zero-order valence-corrected chi connectivity index (χ0v) is 22.0. The monoisotopic (exact) mass is 536 g/mol. The number of hydrogen-bond donors (Lipinski definition) is 0. The molecule has 1 aliphatic heterocycles. The molecule has 0 bridgehead atoms. The highest BCUT2D eigenvalue weighted by Crippen LogP contribution is 2.38. The van der Waals surface area contributed by atoms with E-state index in [1.807, 2.05) is 11.9 Å². The highest BCUT2D eigenvalue weighted by atomic mass is 19.4. The molecule has 1 aliphatic rings. The molecule has 1 saturated heterocycles. The van der Waals surface area contributed by atoms with Gasteiger partial charge in [0, 0.05) is 60.3 Å². The van der Waals surface area contributed by atoms with E-state index in [1.165, 1.54) is 18.7 Å². The van der Waals surface area contributed by atoms with Crippen molar-refractivity contribution in [2.24, 2.45) is 0 Å². The van der Waals surface area contributed by atoms with Gasteiger partial charge in [0.1, 0.15) is 11.9 Å². The first-order valence-electron chi connectivity index (χ1n) is 12.3. The Bertz CT molecular complexity index is 1560. The molecule has 202 valence electrons. The predicted molar refractivity (Wildman–Crippen MR) is 140 cm³/mol. The fraction of sp³-hybridized carbons (Fsp3) is 0.321. The number of alkyl halides is 3. The van der Waals surface area contributed by atoms with E-state index >= 15 is 0 Å². The first kappa shape index (κ1) is 26.5. The number of pyridine rings is 2. The van der Waals surface area contributed by atoms with Gasteiger partial charge in [-0.25, -0.2) is 15.0 Å². The molecule has 5 rings (SSSR count). The number of rotatable bonds is 4. The average molecular weight is 537 g/mol. The molecule has 1 fully saturated rings. The van der Waals surface area contributed by atoms with Crippen LogP contribution < -0.4 is 4.74 Å². The zero-order chi connectivity index (χ0) is 27.9. The number of methoxy groups -OCH3 is 1. The van der Waals surface area contributed by atoms with Crippen molar-refractivity contribution < 1.29 is 22.7 Å². The van der Waals surface area contributed by atoms with Gasteiger partial charge in [0.05, 0.1) is 23.9 Å². The van der Waals surface area contributed by atoms with Crippen LogP contribution in [0, 0.1) is 0 Å². The Kier molecular flexibility index (Phi) is 6.71. The summed E-state index contributed by atoms with van der Waals surface area (Å²) in [4.78, 5) is 34.4. The summed E-state index contributed by atoms with van der Waals surface area (Å²) in [5, 5.41) is 0.603. The second-order valence-corrected chi connectivity index (χ2v) is 10.2. The number of likely N-dealkylation sites (N-methyl/N-ethyl adjacent to an activating group) is 1. The summed E-state index contributed by atoms with van der Waals surface area (Å²) >= 11 is 0. The van der Waals surface area contributed by atoms with Crippen LogP contribution in [0.2, 0.25) is 0 Å². The van der Waals surface area contributed by atoms with Crippen molar-refractivity contribution in [3.63, 3.8) is 0 Å². The lowest BCUT2D eigenvalue weighted by atomic mass is 9.98. The first-order chi connectivity index (χ1) is 18.5. The van der Waals surface area contributed by atoms with Gasteiger partial charge in [-0.15, -0.1) is 0 Å². The van der Waals surface area contributed by atoms with Crippen molar-refractivity contribution in [3.05, 3.63) is 66.4 Å². The number of amides is 1. The van der Waals surface area contributed by atoms with E-state index < -0.39 is 17.6 Å². The lowest BCUT2D eigenvalue weighted by Gasteiger charge is -2.45. The van der Waals surface area contributed by atoms with Crippen LogP contribution in [0.25, 0.3) is 33.3 Å². The SMILES string of the molecule is COc1ncc(-c2ccc3ncnc(-c4cncc(C(=O)N5CCN(C)C(C)(C)C5)c4)c3c2)cc1C(F)(F)F. The summed E-state index contributed by atoms with van der Waals surface area (Å²) in [6, 6.07) is 7.85. The fourth-order valence-electron chi connectivity index (χ4n) is 4.72. The summed E-state index contributed by atoms with van der Waals surface area (Å²) in [5.41, 5.74) is 1.79. The standard InChI is InChI=1S/C28H27F3N6O2/c1-27(2)15-37(8-7-36(27)3)26(38)20-9-19(12-32-13-20)24-21-10-17(5-6-23(21)34-16-35-24)18-11-22(28(29,30)31)25(39-4)33-14-18/h5-6,9-14,16H,7-8,15H2,1-4H3. The highest BCUT2D eigenvalue weighted by Gasteiger charge is 2.36. The molecule has 0 aliphatic carbocycles. The number of nitrogens with zero attached hydrogens (tertiary/aromatic N) is 6. The van der Waals surface area contributed by atoms with Gasteiger partial charge < -0.3 is 9.64 Å². The molecule has 0 N–H and O–H groups in total. The lowest BCUT2D eigenvalue weighted by Crippen LogP contribution is -2.58. The molecule has 11 heteroatoms. The maximum absolute atomic E-state index is 13.6. The van der Waals surface area contributed by atoms with Gasteiger partial charge in [-0.3, -0.25) is 14.7 Å². The quantitative estimate of drug-likeness (QED) is 0.365. The summed E-state index contributed by atoms with van der Waals surface area (Å²) in [7, 11) is 3.19. The number of halogens is 3. The number of fused-ring (bicyclic) bond motifs is 1. The van der Waals surface area contributed by atoms with Gasteiger partial charge in [-0.1, -0.05) is 6.07 Å². The largest absolute Gasteiger partial charge is 0.481 e. The third kappa shape index (κ3) is 5.14. The first-order valence-corrected chi connectivity index (χ1v) is 12.3. The predicted octanol–water partition coefficient (Wildman–Crippen LogP) is 4.95. The molecular formula is C28H27F3N6O2. The van der Waals surface area contributed by atoms with E-state index in [-0.39, 0.29) is 17.0 Å². The van der Waals surface area contributed by atoms with E-state index in [0.29, 0.717) is 46.4 Å². The number of hydrogen-bond acceptors (Lipinski definition) is 7. The Labute approximate surface area is 223 Å². The van der Waals surface area contributed by atoms with Crippen molar-refractivity contribution in [2.75, 3.05) is 33.8 Å². The van der Waals surface area contributed by atoms with Crippen LogP contribution in [0.5, 0.6) is 5.88 Å². The number of carbonyl (C=O) groups excluding carboxylic acids is 1. The minimum Gasteiger partial charge on any atom is -0.481 e. The van der Waals surface area contributed by atoms with Gasteiger partial charge in [0.2, 0.25) is 5.88 Å². The van der Waals surface area contributed by atoms with E-state index in [1.54, 1.807) is 30.5 Å². The molecule has 39 heavy (non-hydrogen) atoms. The third-order valence-electron chi connectivity index (χ3n) is 7.18. The van der Waals surface area contributed by atoms with Crippen LogP contribution >= 0.6 is 0 Å². The minimum atomic E-state index is -4.63. The molecular weight excluding hydrogens is 509 g/mol.